The average molecular weight is 287 g/mol. The molecule has 2 N–H and O–H groups in total. The van der Waals surface area contributed by atoms with Crippen molar-refractivity contribution in [2.75, 3.05) is 38.0 Å². The number of amides is 1. The number of nitrogens with zero attached hydrogens (tertiary/aromatic N) is 1. The summed E-state index contributed by atoms with van der Waals surface area (Å²) in [6.45, 7) is 7.47. The number of piperidine rings is 1. The van der Waals surface area contributed by atoms with Crippen LogP contribution in [0.2, 0.25) is 0 Å². The van der Waals surface area contributed by atoms with Crippen LogP contribution in [0.1, 0.15) is 35.7 Å². The predicted molar refractivity (Wildman–Crippen MR) is 85.8 cm³/mol. The fourth-order valence-corrected chi connectivity index (χ4v) is 3.28. The Morgan fingerprint density at radius 1 is 1.38 bits per heavy atom. The highest BCUT2D eigenvalue weighted by molar-refractivity contribution is 5.95. The van der Waals surface area contributed by atoms with Crippen LogP contribution in [-0.4, -0.2) is 43.5 Å². The molecule has 0 saturated carbocycles. The molecule has 0 radical (unpaired) electrons. The maximum Gasteiger partial charge on any atom is 0.251 e. The van der Waals surface area contributed by atoms with Gasteiger partial charge in [0.1, 0.15) is 0 Å². The van der Waals surface area contributed by atoms with Gasteiger partial charge in [0.15, 0.2) is 0 Å². The highest BCUT2D eigenvalue weighted by Gasteiger charge is 2.19. The molecule has 1 fully saturated rings. The fraction of sp³-hybridized carbons (Fsp3) is 0.588. The first-order chi connectivity index (χ1) is 10.3. The predicted octanol–water partition coefficient (Wildman–Crippen LogP) is 2.12. The minimum Gasteiger partial charge on any atom is -0.384 e. The van der Waals surface area contributed by atoms with Crippen LogP contribution in [0.4, 0.5) is 5.69 Å². The number of hydrogen-bond donors (Lipinski definition) is 2. The van der Waals surface area contributed by atoms with Crippen molar-refractivity contribution in [1.29, 1.82) is 0 Å². The zero-order valence-electron chi connectivity index (χ0n) is 12.8. The van der Waals surface area contributed by atoms with Crippen molar-refractivity contribution in [1.82, 2.24) is 10.2 Å². The molecule has 2 aliphatic rings. The number of hydrogen-bond acceptors (Lipinski definition) is 3. The molecule has 1 aromatic rings. The molecular weight excluding hydrogens is 262 g/mol. The van der Waals surface area contributed by atoms with Gasteiger partial charge in [-0.2, -0.15) is 0 Å². The van der Waals surface area contributed by atoms with E-state index in [2.05, 4.69) is 28.5 Å². The Bertz CT molecular complexity index is 507. The molecule has 114 valence electrons. The van der Waals surface area contributed by atoms with Gasteiger partial charge in [0.2, 0.25) is 0 Å². The Labute approximate surface area is 126 Å². The second kappa shape index (κ2) is 6.48. The van der Waals surface area contributed by atoms with E-state index in [1.807, 2.05) is 12.1 Å². The zero-order chi connectivity index (χ0) is 14.7. The summed E-state index contributed by atoms with van der Waals surface area (Å²) in [5.74, 6) is 0.689. The number of rotatable bonds is 4. The second-order valence-electron chi connectivity index (χ2n) is 6.14. The lowest BCUT2D eigenvalue weighted by atomic mass is 9.96. The summed E-state index contributed by atoms with van der Waals surface area (Å²) in [6.07, 6.45) is 3.45. The number of fused-ring (bicyclic) bond motifs is 1. The van der Waals surface area contributed by atoms with Crippen LogP contribution in [0.5, 0.6) is 0 Å². The number of anilines is 1. The molecule has 1 amide bonds. The second-order valence-corrected chi connectivity index (χ2v) is 6.14. The lowest BCUT2D eigenvalue weighted by Crippen LogP contribution is -2.38. The molecule has 2 aliphatic heterocycles. The molecule has 1 saturated heterocycles. The van der Waals surface area contributed by atoms with Crippen LogP contribution in [0.15, 0.2) is 18.2 Å². The van der Waals surface area contributed by atoms with E-state index in [4.69, 9.17) is 0 Å². The highest BCUT2D eigenvalue weighted by atomic mass is 16.1. The van der Waals surface area contributed by atoms with Crippen molar-refractivity contribution in [3.63, 3.8) is 0 Å². The first-order valence-corrected chi connectivity index (χ1v) is 8.13. The summed E-state index contributed by atoms with van der Waals surface area (Å²) in [7, 11) is 0. The quantitative estimate of drug-likeness (QED) is 0.891. The summed E-state index contributed by atoms with van der Waals surface area (Å²) in [4.78, 5) is 14.7. The van der Waals surface area contributed by atoms with Gasteiger partial charge < -0.3 is 15.5 Å². The Morgan fingerprint density at radius 3 is 2.95 bits per heavy atom. The Morgan fingerprint density at radius 2 is 2.19 bits per heavy atom. The van der Waals surface area contributed by atoms with Crippen LogP contribution in [0, 0.1) is 5.92 Å². The third-order valence-electron chi connectivity index (χ3n) is 4.79. The maximum atomic E-state index is 12.3. The third kappa shape index (κ3) is 3.38. The molecule has 2 heterocycles. The summed E-state index contributed by atoms with van der Waals surface area (Å²) in [5.41, 5.74) is 3.21. The van der Waals surface area contributed by atoms with E-state index < -0.39 is 0 Å². The van der Waals surface area contributed by atoms with Crippen molar-refractivity contribution in [2.24, 2.45) is 5.92 Å². The molecule has 0 aliphatic carbocycles. The number of likely N-dealkylation sites (tertiary alicyclic amines) is 1. The van der Waals surface area contributed by atoms with Gasteiger partial charge >= 0.3 is 0 Å². The first kappa shape index (κ1) is 14.4. The van der Waals surface area contributed by atoms with Gasteiger partial charge in [0.05, 0.1) is 0 Å². The van der Waals surface area contributed by atoms with E-state index in [9.17, 15) is 4.79 Å². The lowest BCUT2D eigenvalue weighted by Gasteiger charge is -2.31. The molecule has 0 aromatic heterocycles. The van der Waals surface area contributed by atoms with E-state index in [0.29, 0.717) is 5.92 Å². The van der Waals surface area contributed by atoms with Crippen LogP contribution in [0.25, 0.3) is 0 Å². The number of benzene rings is 1. The molecule has 3 rings (SSSR count). The van der Waals surface area contributed by atoms with Crippen LogP contribution in [-0.2, 0) is 6.42 Å². The van der Waals surface area contributed by atoms with E-state index in [1.165, 1.54) is 31.5 Å². The van der Waals surface area contributed by atoms with E-state index >= 15 is 0 Å². The maximum absolute atomic E-state index is 12.3. The summed E-state index contributed by atoms with van der Waals surface area (Å²) >= 11 is 0. The number of carbonyl (C=O) groups excluding carboxylic acids is 1. The van der Waals surface area contributed by atoms with E-state index in [-0.39, 0.29) is 5.91 Å². The average Bonchev–Trinajstić information content (AvgIpc) is 3.00. The van der Waals surface area contributed by atoms with E-state index in [1.54, 1.807) is 0 Å². The van der Waals surface area contributed by atoms with Gasteiger partial charge in [-0.05, 0) is 62.5 Å². The summed E-state index contributed by atoms with van der Waals surface area (Å²) in [5, 5.41) is 6.43. The summed E-state index contributed by atoms with van der Waals surface area (Å²) < 4.78 is 0. The first-order valence-electron chi connectivity index (χ1n) is 8.13. The lowest BCUT2D eigenvalue weighted by molar-refractivity contribution is 0.0937. The van der Waals surface area contributed by atoms with Crippen molar-refractivity contribution in [3.8, 4) is 0 Å². The van der Waals surface area contributed by atoms with Crippen LogP contribution in [0.3, 0.4) is 0 Å². The highest BCUT2D eigenvalue weighted by Crippen LogP contribution is 2.23. The van der Waals surface area contributed by atoms with Crippen molar-refractivity contribution >= 4 is 11.6 Å². The summed E-state index contributed by atoms with van der Waals surface area (Å²) in [6, 6.07) is 6.00. The van der Waals surface area contributed by atoms with Crippen LogP contribution >= 0.6 is 0 Å². The third-order valence-corrected chi connectivity index (χ3v) is 4.79. The molecule has 0 unspecified atom stereocenters. The van der Waals surface area contributed by atoms with Gasteiger partial charge in [-0.1, -0.05) is 13.0 Å². The number of nitrogens with one attached hydrogen (secondary N) is 2. The molecule has 1 aromatic carbocycles. The topological polar surface area (TPSA) is 44.4 Å². The minimum absolute atomic E-state index is 0.0596. The molecule has 21 heavy (non-hydrogen) atoms. The monoisotopic (exact) mass is 287 g/mol. The van der Waals surface area contributed by atoms with Gasteiger partial charge in [-0.3, -0.25) is 4.79 Å². The molecule has 0 bridgehead atoms. The van der Waals surface area contributed by atoms with Gasteiger partial charge in [0.25, 0.3) is 5.91 Å². The molecule has 0 spiro atoms. The smallest absolute Gasteiger partial charge is 0.251 e. The standard InChI is InChI=1S/C17H25N3O/c1-2-20-9-6-13(7-10-20)12-19-17(21)15-4-3-14-5-8-18-16(14)11-15/h3-4,11,13,18H,2,5-10,12H2,1H3,(H,19,21). The Balaban J connectivity index is 1.50. The van der Waals surface area contributed by atoms with Crippen molar-refractivity contribution in [2.45, 2.75) is 26.2 Å². The van der Waals surface area contributed by atoms with Gasteiger partial charge in [-0.15, -0.1) is 0 Å². The minimum atomic E-state index is 0.0596. The normalized spacial score (nSPS) is 19.1. The zero-order valence-corrected chi connectivity index (χ0v) is 12.8. The van der Waals surface area contributed by atoms with Crippen molar-refractivity contribution in [3.05, 3.63) is 29.3 Å². The van der Waals surface area contributed by atoms with Crippen molar-refractivity contribution < 1.29 is 4.79 Å². The molecular formula is C17H25N3O. The SMILES string of the molecule is CCN1CCC(CNC(=O)c2ccc3c(c2)NCC3)CC1. The molecule has 4 heteroatoms. The molecule has 4 nitrogen and oxygen atoms in total. The molecule has 0 atom stereocenters. The largest absolute Gasteiger partial charge is 0.384 e. The van der Waals surface area contributed by atoms with E-state index in [0.717, 1.165) is 37.3 Å². The van der Waals surface area contributed by atoms with Gasteiger partial charge in [0, 0.05) is 24.3 Å². The number of carbonyl (C=O) groups is 1. The Hall–Kier alpha value is -1.55. The van der Waals surface area contributed by atoms with Gasteiger partial charge in [-0.25, -0.2) is 0 Å². The van der Waals surface area contributed by atoms with Crippen LogP contribution < -0.4 is 10.6 Å². The Kier molecular flexibility index (Phi) is 4.44. The fourth-order valence-electron chi connectivity index (χ4n) is 3.28.